The van der Waals surface area contributed by atoms with E-state index in [9.17, 15) is 4.39 Å². The Labute approximate surface area is 115 Å². The molecule has 3 N–H and O–H groups in total. The van der Waals surface area contributed by atoms with E-state index < -0.39 is 0 Å². The summed E-state index contributed by atoms with van der Waals surface area (Å²) in [4.78, 5) is 7.79. The molecular formula is C13H14ClFN4. The van der Waals surface area contributed by atoms with Gasteiger partial charge >= 0.3 is 0 Å². The third-order valence-electron chi connectivity index (χ3n) is 2.75. The number of nitrogens with two attached hydrogens (primary N) is 1. The van der Waals surface area contributed by atoms with Crippen LogP contribution >= 0.6 is 11.6 Å². The summed E-state index contributed by atoms with van der Waals surface area (Å²) in [6.45, 7) is 2.51. The minimum atomic E-state index is -0.221. The predicted octanol–water partition coefficient (Wildman–Crippen LogP) is 2.81. The summed E-state index contributed by atoms with van der Waals surface area (Å²) in [5.74, 6) is 0.458. The number of nitrogens with one attached hydrogen (secondary N) is 1. The summed E-state index contributed by atoms with van der Waals surface area (Å²) in [6.07, 6.45) is 2.20. The molecule has 0 spiro atoms. The topological polar surface area (TPSA) is 63.8 Å². The molecule has 0 atom stereocenters. The maximum Gasteiger partial charge on any atom is 0.222 e. The number of hydrogen-bond donors (Lipinski definition) is 2. The van der Waals surface area contributed by atoms with Gasteiger partial charge in [-0.25, -0.2) is 9.37 Å². The Morgan fingerprint density at radius 2 is 2.21 bits per heavy atom. The normalized spacial score (nSPS) is 10.5. The molecule has 1 aromatic heterocycles. The summed E-state index contributed by atoms with van der Waals surface area (Å²) in [6, 6.07) is 4.76. The molecule has 2 aromatic rings. The molecule has 2 rings (SSSR count). The standard InChI is InChI=1S/C13H14ClFN4/c1-8-6-10(15)3-2-9(8)4-5-17-12-11(14)7-18-13(16)19-12/h2-3,6-7H,4-5H2,1H3,(H3,16,17,18,19). The highest BCUT2D eigenvalue weighted by Gasteiger charge is 2.04. The van der Waals surface area contributed by atoms with E-state index in [1.807, 2.05) is 6.92 Å². The van der Waals surface area contributed by atoms with Gasteiger partial charge < -0.3 is 11.1 Å². The summed E-state index contributed by atoms with van der Waals surface area (Å²) >= 11 is 5.94. The minimum Gasteiger partial charge on any atom is -0.368 e. The van der Waals surface area contributed by atoms with Gasteiger partial charge in [-0.3, -0.25) is 0 Å². The summed E-state index contributed by atoms with van der Waals surface area (Å²) in [7, 11) is 0. The Balaban J connectivity index is 1.98. The lowest BCUT2D eigenvalue weighted by molar-refractivity contribution is 0.625. The third kappa shape index (κ3) is 3.54. The van der Waals surface area contributed by atoms with Crippen molar-refractivity contribution in [2.75, 3.05) is 17.6 Å². The van der Waals surface area contributed by atoms with Gasteiger partial charge in [0.25, 0.3) is 0 Å². The van der Waals surface area contributed by atoms with Crippen molar-refractivity contribution in [1.82, 2.24) is 9.97 Å². The smallest absolute Gasteiger partial charge is 0.222 e. The Hall–Kier alpha value is -1.88. The Morgan fingerprint density at radius 3 is 2.95 bits per heavy atom. The first-order chi connectivity index (χ1) is 9.06. The molecular weight excluding hydrogens is 267 g/mol. The number of hydrogen-bond acceptors (Lipinski definition) is 4. The zero-order chi connectivity index (χ0) is 13.8. The lowest BCUT2D eigenvalue weighted by Crippen LogP contribution is -2.09. The number of nitrogen functional groups attached to an aromatic ring is 1. The van der Waals surface area contributed by atoms with Crippen molar-refractivity contribution in [1.29, 1.82) is 0 Å². The molecule has 0 bridgehead atoms. The zero-order valence-electron chi connectivity index (χ0n) is 10.5. The van der Waals surface area contributed by atoms with Crippen molar-refractivity contribution >= 4 is 23.4 Å². The average molecular weight is 281 g/mol. The highest BCUT2D eigenvalue weighted by Crippen LogP contribution is 2.18. The summed E-state index contributed by atoms with van der Waals surface area (Å²) in [5, 5.41) is 3.51. The van der Waals surface area contributed by atoms with Crippen LogP contribution in [0.2, 0.25) is 5.02 Å². The first-order valence-corrected chi connectivity index (χ1v) is 6.21. The van der Waals surface area contributed by atoms with Crippen molar-refractivity contribution in [3.8, 4) is 0 Å². The maximum atomic E-state index is 13.0. The van der Waals surface area contributed by atoms with E-state index in [1.54, 1.807) is 6.07 Å². The first-order valence-electron chi connectivity index (χ1n) is 5.83. The molecule has 6 heteroatoms. The first kappa shape index (κ1) is 13.5. The van der Waals surface area contributed by atoms with Crippen molar-refractivity contribution in [2.45, 2.75) is 13.3 Å². The van der Waals surface area contributed by atoms with Gasteiger partial charge in [0.2, 0.25) is 5.95 Å². The van der Waals surface area contributed by atoms with Crippen LogP contribution in [-0.2, 0) is 6.42 Å². The van der Waals surface area contributed by atoms with Gasteiger partial charge in [0, 0.05) is 6.54 Å². The highest BCUT2D eigenvalue weighted by atomic mass is 35.5. The van der Waals surface area contributed by atoms with Gasteiger partial charge in [-0.1, -0.05) is 17.7 Å². The van der Waals surface area contributed by atoms with Crippen molar-refractivity contribution in [3.63, 3.8) is 0 Å². The monoisotopic (exact) mass is 280 g/mol. The average Bonchev–Trinajstić information content (AvgIpc) is 2.36. The van der Waals surface area contributed by atoms with Crippen LogP contribution in [0.1, 0.15) is 11.1 Å². The molecule has 4 nitrogen and oxygen atoms in total. The Morgan fingerprint density at radius 1 is 1.42 bits per heavy atom. The third-order valence-corrected chi connectivity index (χ3v) is 3.03. The molecule has 0 saturated heterocycles. The Bertz CT molecular complexity index is 589. The van der Waals surface area contributed by atoms with Crippen LogP contribution < -0.4 is 11.1 Å². The molecule has 0 aliphatic heterocycles. The van der Waals surface area contributed by atoms with E-state index in [0.717, 1.165) is 17.5 Å². The van der Waals surface area contributed by atoms with E-state index in [0.29, 0.717) is 17.4 Å². The number of benzene rings is 1. The molecule has 0 unspecified atom stereocenters. The van der Waals surface area contributed by atoms with Crippen LogP contribution in [0.3, 0.4) is 0 Å². The predicted molar refractivity (Wildman–Crippen MR) is 74.8 cm³/mol. The number of aryl methyl sites for hydroxylation is 1. The summed E-state index contributed by atoms with van der Waals surface area (Å²) < 4.78 is 13.0. The van der Waals surface area contributed by atoms with Crippen LogP contribution in [0.15, 0.2) is 24.4 Å². The number of halogens is 2. The van der Waals surface area contributed by atoms with E-state index in [2.05, 4.69) is 15.3 Å². The molecule has 0 aliphatic carbocycles. The van der Waals surface area contributed by atoms with E-state index >= 15 is 0 Å². The van der Waals surface area contributed by atoms with Crippen LogP contribution in [-0.4, -0.2) is 16.5 Å². The van der Waals surface area contributed by atoms with Gasteiger partial charge in [0.15, 0.2) is 0 Å². The number of aromatic nitrogens is 2. The molecule has 1 heterocycles. The molecule has 19 heavy (non-hydrogen) atoms. The quantitative estimate of drug-likeness (QED) is 0.904. The van der Waals surface area contributed by atoms with E-state index in [1.165, 1.54) is 18.3 Å². The number of rotatable bonds is 4. The molecule has 0 fully saturated rings. The lowest BCUT2D eigenvalue weighted by Gasteiger charge is -2.09. The molecule has 0 saturated carbocycles. The van der Waals surface area contributed by atoms with Gasteiger partial charge in [0.05, 0.1) is 6.20 Å². The molecule has 100 valence electrons. The molecule has 0 radical (unpaired) electrons. The van der Waals surface area contributed by atoms with Crippen molar-refractivity contribution in [3.05, 3.63) is 46.4 Å². The van der Waals surface area contributed by atoms with Gasteiger partial charge in [-0.05, 0) is 36.6 Å². The SMILES string of the molecule is Cc1cc(F)ccc1CCNc1nc(N)ncc1Cl. The largest absolute Gasteiger partial charge is 0.368 e. The minimum absolute atomic E-state index is 0.171. The molecule has 0 aliphatic rings. The van der Waals surface area contributed by atoms with E-state index in [4.69, 9.17) is 17.3 Å². The molecule has 0 amide bonds. The van der Waals surface area contributed by atoms with Gasteiger partial charge in [-0.2, -0.15) is 4.98 Å². The second-order valence-electron chi connectivity index (χ2n) is 4.17. The second kappa shape index (κ2) is 5.84. The highest BCUT2D eigenvalue weighted by molar-refractivity contribution is 6.32. The fraction of sp³-hybridized carbons (Fsp3) is 0.231. The Kier molecular flexibility index (Phi) is 4.16. The number of nitrogens with zero attached hydrogens (tertiary/aromatic N) is 2. The van der Waals surface area contributed by atoms with Crippen LogP contribution in [0.25, 0.3) is 0 Å². The number of anilines is 2. The fourth-order valence-electron chi connectivity index (χ4n) is 1.76. The van der Waals surface area contributed by atoms with Gasteiger partial charge in [-0.15, -0.1) is 0 Å². The van der Waals surface area contributed by atoms with Crippen molar-refractivity contribution < 1.29 is 4.39 Å². The zero-order valence-corrected chi connectivity index (χ0v) is 11.2. The van der Waals surface area contributed by atoms with Crippen LogP contribution in [0.4, 0.5) is 16.2 Å². The fourth-order valence-corrected chi connectivity index (χ4v) is 1.92. The maximum absolute atomic E-state index is 13.0. The lowest BCUT2D eigenvalue weighted by atomic mass is 10.1. The molecule has 1 aromatic carbocycles. The van der Waals surface area contributed by atoms with E-state index in [-0.39, 0.29) is 11.8 Å². The summed E-state index contributed by atoms with van der Waals surface area (Å²) in [5.41, 5.74) is 7.49. The van der Waals surface area contributed by atoms with Crippen LogP contribution in [0, 0.1) is 12.7 Å². The van der Waals surface area contributed by atoms with Crippen molar-refractivity contribution in [2.24, 2.45) is 0 Å². The second-order valence-corrected chi connectivity index (χ2v) is 4.58. The van der Waals surface area contributed by atoms with Crippen LogP contribution in [0.5, 0.6) is 0 Å². The van der Waals surface area contributed by atoms with Gasteiger partial charge in [0.1, 0.15) is 16.7 Å².